The van der Waals surface area contributed by atoms with E-state index >= 15 is 0 Å². The van der Waals surface area contributed by atoms with Gasteiger partial charge in [-0.3, -0.25) is 4.98 Å². The average Bonchev–Trinajstić information content (AvgIpc) is 3.04. The summed E-state index contributed by atoms with van der Waals surface area (Å²) in [5.41, 5.74) is 4.05. The largest absolute Gasteiger partial charge is 0.340 e. The van der Waals surface area contributed by atoms with Gasteiger partial charge in [-0.25, -0.2) is 4.68 Å². The van der Waals surface area contributed by atoms with Crippen molar-refractivity contribution in [1.82, 2.24) is 14.8 Å². The predicted octanol–water partition coefficient (Wildman–Crippen LogP) is 5.13. The van der Waals surface area contributed by atoms with Gasteiger partial charge in [-0.1, -0.05) is 29.3 Å². The van der Waals surface area contributed by atoms with Crippen molar-refractivity contribution in [2.24, 2.45) is 0 Å². The Morgan fingerprint density at radius 3 is 2.62 bits per heavy atom. The van der Waals surface area contributed by atoms with Crippen molar-refractivity contribution in [2.75, 3.05) is 5.32 Å². The third-order valence-electron chi connectivity index (χ3n) is 3.89. The Hall–Kier alpha value is -2.85. The van der Waals surface area contributed by atoms with E-state index in [-0.39, 0.29) is 0 Å². The quantitative estimate of drug-likeness (QED) is 0.565. The molecule has 0 fully saturated rings. The van der Waals surface area contributed by atoms with Crippen molar-refractivity contribution in [3.8, 4) is 5.69 Å². The van der Waals surface area contributed by atoms with Gasteiger partial charge in [-0.15, -0.1) is 0 Å². The maximum atomic E-state index is 6.06. The first-order valence-electron chi connectivity index (χ1n) is 7.63. The Bertz CT molecular complexity index is 1010. The monoisotopic (exact) mass is 334 g/mol. The number of aromatic nitrogens is 3. The van der Waals surface area contributed by atoms with Crippen LogP contribution in [0.2, 0.25) is 5.02 Å². The topological polar surface area (TPSA) is 42.7 Å². The summed E-state index contributed by atoms with van der Waals surface area (Å²) < 4.78 is 1.88. The summed E-state index contributed by atoms with van der Waals surface area (Å²) in [4.78, 5) is 4.38. The van der Waals surface area contributed by atoms with Crippen LogP contribution in [0.1, 0.15) is 5.56 Å². The Kier molecular flexibility index (Phi) is 3.67. The fraction of sp³-hybridized carbons (Fsp3) is 0.0526. The molecule has 0 unspecified atom stereocenters. The molecule has 1 N–H and O–H groups in total. The molecule has 0 radical (unpaired) electrons. The highest BCUT2D eigenvalue weighted by Crippen LogP contribution is 2.27. The zero-order valence-corrected chi connectivity index (χ0v) is 13.8. The second-order valence-corrected chi connectivity index (χ2v) is 6.05. The third kappa shape index (κ3) is 2.72. The molecule has 24 heavy (non-hydrogen) atoms. The summed E-state index contributed by atoms with van der Waals surface area (Å²) in [5.74, 6) is 0.890. The number of nitrogens with zero attached hydrogens (tertiary/aromatic N) is 3. The summed E-state index contributed by atoms with van der Waals surface area (Å²) in [5, 5.41) is 9.56. The lowest BCUT2D eigenvalue weighted by Gasteiger charge is -2.12. The first kappa shape index (κ1) is 14.7. The molecule has 4 rings (SSSR count). The van der Waals surface area contributed by atoms with Gasteiger partial charge in [0.2, 0.25) is 0 Å². The average molecular weight is 335 g/mol. The number of anilines is 2. The molecule has 0 amide bonds. The van der Waals surface area contributed by atoms with E-state index in [0.29, 0.717) is 5.02 Å². The van der Waals surface area contributed by atoms with E-state index in [1.165, 1.54) is 5.56 Å². The molecule has 2 heterocycles. The fourth-order valence-corrected chi connectivity index (χ4v) is 2.82. The molecule has 0 bridgehead atoms. The number of benzene rings is 2. The molecule has 2 aromatic carbocycles. The molecular formula is C19H15ClN4. The number of pyridine rings is 1. The lowest BCUT2D eigenvalue weighted by Crippen LogP contribution is -2.02. The van der Waals surface area contributed by atoms with Crippen LogP contribution in [0.3, 0.4) is 0 Å². The second-order valence-electron chi connectivity index (χ2n) is 5.61. The first-order valence-corrected chi connectivity index (χ1v) is 8.01. The predicted molar refractivity (Wildman–Crippen MR) is 98.3 cm³/mol. The molecule has 0 atom stereocenters. The number of fused-ring (bicyclic) bond motifs is 1. The van der Waals surface area contributed by atoms with Crippen molar-refractivity contribution < 1.29 is 0 Å². The maximum absolute atomic E-state index is 6.06. The molecule has 5 heteroatoms. The molecule has 0 spiro atoms. The Balaban J connectivity index is 1.75. The number of halogens is 1. The second kappa shape index (κ2) is 5.98. The summed E-state index contributed by atoms with van der Waals surface area (Å²) in [6.45, 7) is 2.07. The van der Waals surface area contributed by atoms with Crippen LogP contribution in [0, 0.1) is 6.92 Å². The van der Waals surface area contributed by atoms with Crippen LogP contribution in [-0.2, 0) is 0 Å². The van der Waals surface area contributed by atoms with Gasteiger partial charge >= 0.3 is 0 Å². The van der Waals surface area contributed by atoms with Crippen molar-refractivity contribution in [3.05, 3.63) is 77.6 Å². The third-order valence-corrected chi connectivity index (χ3v) is 4.12. The van der Waals surface area contributed by atoms with Gasteiger partial charge in [0.15, 0.2) is 0 Å². The van der Waals surface area contributed by atoms with Crippen LogP contribution in [0.5, 0.6) is 0 Å². The zero-order chi connectivity index (χ0) is 16.5. The number of rotatable bonds is 3. The van der Waals surface area contributed by atoms with Crippen LogP contribution in [0.25, 0.3) is 16.6 Å². The first-order chi connectivity index (χ1) is 11.7. The van der Waals surface area contributed by atoms with Crippen LogP contribution in [-0.4, -0.2) is 14.8 Å². The van der Waals surface area contributed by atoms with E-state index in [1.807, 2.05) is 35.0 Å². The van der Waals surface area contributed by atoms with E-state index in [2.05, 4.69) is 46.6 Å². The highest BCUT2D eigenvalue weighted by Gasteiger charge is 2.08. The van der Waals surface area contributed by atoms with Crippen LogP contribution >= 0.6 is 11.6 Å². The Morgan fingerprint density at radius 2 is 1.79 bits per heavy atom. The number of hydrogen-bond donors (Lipinski definition) is 1. The Labute approximate surface area is 144 Å². The van der Waals surface area contributed by atoms with Gasteiger partial charge in [0.05, 0.1) is 23.1 Å². The van der Waals surface area contributed by atoms with Crippen molar-refractivity contribution in [2.45, 2.75) is 6.92 Å². The summed E-state index contributed by atoms with van der Waals surface area (Å²) >= 11 is 6.06. The molecular weight excluding hydrogens is 320 g/mol. The summed E-state index contributed by atoms with van der Waals surface area (Å²) in [7, 11) is 0. The van der Waals surface area contributed by atoms with Gasteiger partial charge in [-0.2, -0.15) is 5.10 Å². The Morgan fingerprint density at radius 1 is 0.958 bits per heavy atom. The minimum atomic E-state index is 0.678. The molecule has 0 saturated heterocycles. The zero-order valence-electron chi connectivity index (χ0n) is 13.1. The van der Waals surface area contributed by atoms with Crippen molar-refractivity contribution in [1.29, 1.82) is 0 Å². The molecule has 118 valence electrons. The highest BCUT2D eigenvalue weighted by molar-refractivity contribution is 6.31. The minimum absolute atomic E-state index is 0.678. The number of aryl methyl sites for hydroxylation is 1. The van der Waals surface area contributed by atoms with Gasteiger partial charge in [0, 0.05) is 22.7 Å². The highest BCUT2D eigenvalue weighted by atomic mass is 35.5. The maximum Gasteiger partial charge on any atom is 0.134 e. The van der Waals surface area contributed by atoms with Crippen LogP contribution in [0.15, 0.2) is 67.0 Å². The van der Waals surface area contributed by atoms with E-state index in [9.17, 15) is 0 Å². The minimum Gasteiger partial charge on any atom is -0.340 e. The molecule has 0 aliphatic heterocycles. The molecule has 4 aromatic rings. The molecule has 0 aliphatic rings. The van der Waals surface area contributed by atoms with Gasteiger partial charge in [0.1, 0.15) is 5.82 Å². The van der Waals surface area contributed by atoms with E-state index < -0.39 is 0 Å². The van der Waals surface area contributed by atoms with E-state index in [4.69, 9.17) is 11.6 Å². The molecule has 2 aromatic heterocycles. The lowest BCUT2D eigenvalue weighted by atomic mass is 10.2. The normalized spacial score (nSPS) is 10.9. The van der Waals surface area contributed by atoms with E-state index in [0.717, 1.165) is 28.1 Å². The lowest BCUT2D eigenvalue weighted by molar-refractivity contribution is 0.887. The van der Waals surface area contributed by atoms with Gasteiger partial charge in [-0.05, 0) is 43.3 Å². The van der Waals surface area contributed by atoms with Gasteiger partial charge in [0.25, 0.3) is 0 Å². The van der Waals surface area contributed by atoms with Crippen molar-refractivity contribution >= 4 is 34.0 Å². The van der Waals surface area contributed by atoms with Crippen molar-refractivity contribution in [3.63, 3.8) is 0 Å². The number of nitrogens with one attached hydrogen (secondary N) is 1. The molecule has 4 nitrogen and oxygen atoms in total. The molecule has 0 saturated carbocycles. The number of hydrogen-bond acceptors (Lipinski definition) is 3. The summed E-state index contributed by atoms with van der Waals surface area (Å²) in [6.07, 6.45) is 3.55. The van der Waals surface area contributed by atoms with E-state index in [1.54, 1.807) is 12.4 Å². The fourth-order valence-electron chi connectivity index (χ4n) is 2.66. The van der Waals surface area contributed by atoms with Crippen LogP contribution in [0.4, 0.5) is 11.5 Å². The standard InChI is InChI=1S/C19H15ClN4/c1-13-2-5-15(6-3-13)24-19(9-11-22-24)23-17-8-10-21-18-12-14(20)4-7-16(17)18/h2-12H,1H3,(H,21,23). The van der Waals surface area contributed by atoms with Gasteiger partial charge < -0.3 is 5.32 Å². The molecule has 0 aliphatic carbocycles. The van der Waals surface area contributed by atoms with Crippen LogP contribution < -0.4 is 5.32 Å². The smallest absolute Gasteiger partial charge is 0.134 e. The SMILES string of the molecule is Cc1ccc(-n2nccc2Nc2ccnc3cc(Cl)ccc23)cc1. The summed E-state index contributed by atoms with van der Waals surface area (Å²) in [6, 6.07) is 17.9.